The number of halogens is 2. The Kier molecular flexibility index (Phi) is 4.63. The Morgan fingerprint density at radius 3 is 2.66 bits per heavy atom. The van der Waals surface area contributed by atoms with Gasteiger partial charge in [0.1, 0.15) is 11.6 Å². The van der Waals surface area contributed by atoms with Crippen molar-refractivity contribution in [2.75, 3.05) is 0 Å². The fourth-order valence-electron chi connectivity index (χ4n) is 4.50. The van der Waals surface area contributed by atoms with Crippen LogP contribution in [0.25, 0.3) is 10.9 Å². The van der Waals surface area contributed by atoms with Crippen molar-refractivity contribution in [3.63, 3.8) is 0 Å². The summed E-state index contributed by atoms with van der Waals surface area (Å²) in [7, 11) is 0. The van der Waals surface area contributed by atoms with Crippen molar-refractivity contribution >= 4 is 28.4 Å². The Labute approximate surface area is 173 Å². The Hall–Kier alpha value is -2.66. The number of pyridine rings is 1. The van der Waals surface area contributed by atoms with E-state index in [0.29, 0.717) is 34.4 Å². The molecule has 6 heteroatoms. The lowest BCUT2D eigenvalue weighted by molar-refractivity contribution is -0.120. The number of hydrogen-bond donors (Lipinski definition) is 1. The number of hydrogen-bond acceptors (Lipinski definition) is 3. The number of ether oxygens (including phenoxy) is 1. The minimum absolute atomic E-state index is 0.0415. The topological polar surface area (TPSA) is 51.2 Å². The van der Waals surface area contributed by atoms with Crippen LogP contribution in [0.4, 0.5) is 4.39 Å². The van der Waals surface area contributed by atoms with E-state index in [2.05, 4.69) is 10.3 Å². The maximum absolute atomic E-state index is 13.6. The largest absolute Gasteiger partial charge is 0.490 e. The smallest absolute Gasteiger partial charge is 0.224 e. The summed E-state index contributed by atoms with van der Waals surface area (Å²) in [4.78, 5) is 16.6. The zero-order valence-corrected chi connectivity index (χ0v) is 16.4. The van der Waals surface area contributed by atoms with E-state index in [9.17, 15) is 9.18 Å². The van der Waals surface area contributed by atoms with Gasteiger partial charge in [-0.1, -0.05) is 23.7 Å². The highest BCUT2D eigenvalue weighted by Crippen LogP contribution is 2.53. The van der Waals surface area contributed by atoms with E-state index in [1.54, 1.807) is 30.5 Å². The number of aromatic nitrogens is 1. The number of nitrogens with zero attached hydrogens (tertiary/aromatic N) is 1. The van der Waals surface area contributed by atoms with E-state index < -0.39 is 0 Å². The summed E-state index contributed by atoms with van der Waals surface area (Å²) in [6, 6.07) is 13.9. The van der Waals surface area contributed by atoms with Crippen LogP contribution in [0.1, 0.15) is 18.4 Å². The highest BCUT2D eigenvalue weighted by molar-refractivity contribution is 6.30. The molecule has 1 amide bonds. The van der Waals surface area contributed by atoms with E-state index in [1.165, 1.54) is 12.1 Å². The van der Waals surface area contributed by atoms with Gasteiger partial charge in [-0.25, -0.2) is 4.39 Å². The van der Waals surface area contributed by atoms with Crippen LogP contribution in [-0.2, 0) is 11.2 Å². The number of nitrogens with one attached hydrogen (secondary N) is 1. The molecule has 4 atom stereocenters. The molecule has 5 rings (SSSR count). The molecule has 0 bridgehead atoms. The molecular formula is C23H20ClFN2O2. The van der Waals surface area contributed by atoms with Crippen molar-refractivity contribution in [1.29, 1.82) is 0 Å². The van der Waals surface area contributed by atoms with Gasteiger partial charge in [-0.2, -0.15) is 0 Å². The number of rotatable bonds is 5. The minimum atomic E-state index is -0.298. The predicted molar refractivity (Wildman–Crippen MR) is 109 cm³/mol. The maximum Gasteiger partial charge on any atom is 0.224 e. The first-order chi connectivity index (χ1) is 14.1. The van der Waals surface area contributed by atoms with Crippen LogP contribution in [0.2, 0.25) is 5.02 Å². The third kappa shape index (κ3) is 3.79. The van der Waals surface area contributed by atoms with Crippen molar-refractivity contribution in [3.05, 3.63) is 71.1 Å². The summed E-state index contributed by atoms with van der Waals surface area (Å²) in [5.74, 6) is 1.33. The number of benzene rings is 2. The molecule has 1 aromatic heterocycles. The zero-order valence-electron chi connectivity index (χ0n) is 15.6. The fourth-order valence-corrected chi connectivity index (χ4v) is 4.63. The SMILES string of the molecule is O=C(Cc1ccc(Cl)cc1)NC1[C@H]2CC(Oc3ccnc4ccc(F)cc34)C[C@@H]12. The normalized spacial score (nSPS) is 24.9. The van der Waals surface area contributed by atoms with Gasteiger partial charge >= 0.3 is 0 Å². The van der Waals surface area contributed by atoms with E-state index >= 15 is 0 Å². The molecule has 3 aromatic rings. The van der Waals surface area contributed by atoms with Crippen LogP contribution >= 0.6 is 11.6 Å². The molecule has 2 fully saturated rings. The minimum Gasteiger partial charge on any atom is -0.490 e. The quantitative estimate of drug-likeness (QED) is 0.671. The lowest BCUT2D eigenvalue weighted by Gasteiger charge is -2.18. The Morgan fingerprint density at radius 2 is 1.90 bits per heavy atom. The van der Waals surface area contributed by atoms with Gasteiger partial charge in [-0.15, -0.1) is 0 Å². The highest BCUT2D eigenvalue weighted by Gasteiger charge is 2.57. The molecule has 0 spiro atoms. The maximum atomic E-state index is 13.6. The van der Waals surface area contributed by atoms with Crippen molar-refractivity contribution < 1.29 is 13.9 Å². The predicted octanol–water partition coefficient (Wildman–Crippen LogP) is 4.54. The zero-order chi connectivity index (χ0) is 20.0. The molecule has 0 aliphatic heterocycles. The molecule has 29 heavy (non-hydrogen) atoms. The van der Waals surface area contributed by atoms with Crippen molar-refractivity contribution in [2.45, 2.75) is 31.4 Å². The van der Waals surface area contributed by atoms with Gasteiger partial charge in [0.15, 0.2) is 0 Å². The molecule has 2 aliphatic carbocycles. The van der Waals surface area contributed by atoms with Gasteiger partial charge in [-0.05, 0) is 66.6 Å². The Balaban J connectivity index is 1.16. The molecule has 1 heterocycles. The summed E-state index contributed by atoms with van der Waals surface area (Å²) < 4.78 is 19.8. The van der Waals surface area contributed by atoms with Crippen LogP contribution in [0.15, 0.2) is 54.7 Å². The average Bonchev–Trinajstić information content (AvgIpc) is 3.14. The summed E-state index contributed by atoms with van der Waals surface area (Å²) in [5.41, 5.74) is 1.68. The van der Waals surface area contributed by atoms with Crippen LogP contribution in [0.3, 0.4) is 0 Å². The summed E-state index contributed by atoms with van der Waals surface area (Å²) in [6.07, 6.45) is 3.93. The number of fused-ring (bicyclic) bond motifs is 2. The lowest BCUT2D eigenvalue weighted by atomic mass is 10.1. The average molecular weight is 411 g/mol. The van der Waals surface area contributed by atoms with Crippen LogP contribution < -0.4 is 10.1 Å². The molecule has 1 N–H and O–H groups in total. The lowest BCUT2D eigenvalue weighted by Crippen LogP contribution is -2.32. The molecule has 0 saturated heterocycles. The van der Waals surface area contributed by atoms with Crippen LogP contribution in [0, 0.1) is 17.7 Å². The van der Waals surface area contributed by atoms with Crippen LogP contribution in [0.5, 0.6) is 5.75 Å². The second-order valence-electron chi connectivity index (χ2n) is 7.91. The fraction of sp³-hybridized carbons (Fsp3) is 0.304. The Morgan fingerprint density at radius 1 is 1.14 bits per heavy atom. The third-order valence-electron chi connectivity index (χ3n) is 5.96. The van der Waals surface area contributed by atoms with E-state index in [-0.39, 0.29) is 23.9 Å². The molecule has 4 nitrogen and oxygen atoms in total. The van der Waals surface area contributed by atoms with Gasteiger partial charge in [0.05, 0.1) is 18.0 Å². The number of carbonyl (C=O) groups excluding carboxylic acids is 1. The van der Waals surface area contributed by atoms with E-state index in [1.807, 2.05) is 12.1 Å². The van der Waals surface area contributed by atoms with Gasteiger partial charge < -0.3 is 10.1 Å². The van der Waals surface area contributed by atoms with E-state index in [4.69, 9.17) is 16.3 Å². The standard InChI is InChI=1S/C23H20ClFN2O2/c24-14-3-1-13(2-4-14)9-22(28)27-23-17-11-16(12-18(17)23)29-21-7-8-26-20-6-5-15(25)10-19(20)21/h1-8,10,16-18,23H,9,11-12H2,(H,27,28)/t16?,17-,18+,23?. The van der Waals surface area contributed by atoms with Crippen molar-refractivity contribution in [2.24, 2.45) is 11.8 Å². The van der Waals surface area contributed by atoms with Crippen LogP contribution in [-0.4, -0.2) is 23.0 Å². The van der Waals surface area contributed by atoms with Gasteiger partial charge in [0.2, 0.25) is 5.91 Å². The first-order valence-corrected chi connectivity index (χ1v) is 10.2. The highest BCUT2D eigenvalue weighted by atomic mass is 35.5. The number of carbonyl (C=O) groups is 1. The number of amides is 1. The van der Waals surface area contributed by atoms with Crippen molar-refractivity contribution in [3.8, 4) is 5.75 Å². The van der Waals surface area contributed by atoms with Crippen molar-refractivity contribution in [1.82, 2.24) is 10.3 Å². The molecule has 2 saturated carbocycles. The van der Waals surface area contributed by atoms with E-state index in [0.717, 1.165) is 23.9 Å². The molecular weight excluding hydrogens is 391 g/mol. The third-order valence-corrected chi connectivity index (χ3v) is 6.22. The second-order valence-corrected chi connectivity index (χ2v) is 8.34. The molecule has 2 aromatic carbocycles. The second kappa shape index (κ2) is 7.30. The summed E-state index contributed by atoms with van der Waals surface area (Å²) in [6.45, 7) is 0. The summed E-state index contributed by atoms with van der Waals surface area (Å²) in [5, 5.41) is 4.52. The molecule has 148 valence electrons. The first-order valence-electron chi connectivity index (χ1n) is 9.81. The summed E-state index contributed by atoms with van der Waals surface area (Å²) >= 11 is 5.88. The molecule has 0 radical (unpaired) electrons. The Bertz CT molecular complexity index is 1060. The van der Waals surface area contributed by atoms with Gasteiger partial charge in [-0.3, -0.25) is 9.78 Å². The van der Waals surface area contributed by atoms with Gasteiger partial charge in [0.25, 0.3) is 0 Å². The first kappa shape index (κ1) is 18.4. The molecule has 2 aliphatic rings. The monoisotopic (exact) mass is 410 g/mol. The molecule has 2 unspecified atom stereocenters. The van der Waals surface area contributed by atoms with Gasteiger partial charge in [0, 0.05) is 22.6 Å².